The average Bonchev–Trinajstić information content (AvgIpc) is 3.52. The Morgan fingerprint density at radius 1 is 1.05 bits per heavy atom. The molecule has 5 aromatic rings. The van der Waals surface area contributed by atoms with Gasteiger partial charge in [0.2, 0.25) is 0 Å². The standard InChI is InChI=1S/C30H26F3N7OS/c1-18(2)21-6-4-5-7-23(21)40-28(42-16-29(40,3)41)38-35-15-19-8-10-22-20(14-19)9-11-24-27(22)34-17-39(24)26-13-12-25(36-37-26)30(31,32)33/h4-15,17-18,41H,16H2,1-3H3. The average molecular weight is 590 g/mol. The summed E-state index contributed by atoms with van der Waals surface area (Å²) in [7, 11) is 0. The second-order valence-electron chi connectivity index (χ2n) is 10.5. The number of para-hydroxylation sites is 1. The first-order valence-corrected chi connectivity index (χ1v) is 14.2. The number of alkyl halides is 3. The van der Waals surface area contributed by atoms with Crippen LogP contribution in [0.3, 0.4) is 0 Å². The normalized spacial score (nSPS) is 18.9. The number of aromatic nitrogens is 4. The second kappa shape index (κ2) is 10.5. The van der Waals surface area contributed by atoms with Crippen LogP contribution >= 0.6 is 11.8 Å². The molecule has 0 aliphatic carbocycles. The molecule has 0 bridgehead atoms. The zero-order chi connectivity index (χ0) is 29.6. The summed E-state index contributed by atoms with van der Waals surface area (Å²) in [4.78, 5) is 6.34. The molecule has 12 heteroatoms. The van der Waals surface area contributed by atoms with Gasteiger partial charge in [-0.15, -0.1) is 15.3 Å². The monoisotopic (exact) mass is 589 g/mol. The van der Waals surface area contributed by atoms with Crippen molar-refractivity contribution in [1.29, 1.82) is 0 Å². The van der Waals surface area contributed by atoms with Gasteiger partial charge in [-0.2, -0.15) is 18.3 Å². The summed E-state index contributed by atoms with van der Waals surface area (Å²) < 4.78 is 40.3. The number of imidazole rings is 1. The quantitative estimate of drug-likeness (QED) is 0.180. The van der Waals surface area contributed by atoms with Gasteiger partial charge >= 0.3 is 6.18 Å². The number of fused-ring (bicyclic) bond motifs is 3. The van der Waals surface area contributed by atoms with Gasteiger partial charge < -0.3 is 5.11 Å². The number of benzene rings is 3. The van der Waals surface area contributed by atoms with Crippen molar-refractivity contribution in [2.75, 3.05) is 10.7 Å². The number of aliphatic hydroxyl groups is 1. The van der Waals surface area contributed by atoms with E-state index in [1.54, 1.807) is 17.7 Å². The van der Waals surface area contributed by atoms with E-state index >= 15 is 0 Å². The van der Waals surface area contributed by atoms with E-state index in [0.717, 1.165) is 33.7 Å². The smallest absolute Gasteiger partial charge is 0.370 e. The fourth-order valence-electron chi connectivity index (χ4n) is 4.99. The van der Waals surface area contributed by atoms with Crippen LogP contribution in [0.1, 0.15) is 43.5 Å². The van der Waals surface area contributed by atoms with Crippen LogP contribution in [0.4, 0.5) is 18.9 Å². The highest BCUT2D eigenvalue weighted by atomic mass is 32.2. The van der Waals surface area contributed by atoms with E-state index in [2.05, 4.69) is 45.3 Å². The summed E-state index contributed by atoms with van der Waals surface area (Å²) in [5.74, 6) is 0.969. The second-order valence-corrected chi connectivity index (χ2v) is 11.4. The fourth-order valence-corrected chi connectivity index (χ4v) is 6.05. The third-order valence-electron chi connectivity index (χ3n) is 7.04. The number of hydrogen-bond acceptors (Lipinski definition) is 7. The molecule has 1 fully saturated rings. The highest BCUT2D eigenvalue weighted by Gasteiger charge is 2.41. The van der Waals surface area contributed by atoms with E-state index < -0.39 is 17.6 Å². The lowest BCUT2D eigenvalue weighted by Gasteiger charge is -2.32. The Labute approximate surface area is 243 Å². The van der Waals surface area contributed by atoms with Crippen LogP contribution < -0.4 is 4.90 Å². The summed E-state index contributed by atoms with van der Waals surface area (Å²) in [5.41, 5.74) is 2.07. The Bertz CT molecular complexity index is 1850. The molecule has 1 aliphatic rings. The van der Waals surface area contributed by atoms with Gasteiger partial charge in [-0.25, -0.2) is 4.98 Å². The number of halogens is 3. The van der Waals surface area contributed by atoms with Crippen LogP contribution in [0.2, 0.25) is 0 Å². The van der Waals surface area contributed by atoms with Gasteiger partial charge in [0.05, 0.1) is 17.2 Å². The lowest BCUT2D eigenvalue weighted by Crippen LogP contribution is -2.45. The molecule has 0 spiro atoms. The number of amidine groups is 1. The molecular weight excluding hydrogens is 563 g/mol. The molecule has 0 radical (unpaired) electrons. The number of rotatable bonds is 5. The van der Waals surface area contributed by atoms with Crippen molar-refractivity contribution in [3.63, 3.8) is 0 Å². The predicted octanol–water partition coefficient (Wildman–Crippen LogP) is 6.76. The molecule has 3 aromatic carbocycles. The van der Waals surface area contributed by atoms with Gasteiger partial charge in [0, 0.05) is 16.8 Å². The van der Waals surface area contributed by atoms with Crippen molar-refractivity contribution in [1.82, 2.24) is 19.7 Å². The Balaban J connectivity index is 1.28. The van der Waals surface area contributed by atoms with E-state index in [0.29, 0.717) is 22.0 Å². The fraction of sp³-hybridized carbons (Fsp3) is 0.233. The molecule has 2 aromatic heterocycles. The summed E-state index contributed by atoms with van der Waals surface area (Å²) in [6.45, 7) is 6.01. The highest BCUT2D eigenvalue weighted by Crippen LogP contribution is 2.39. The van der Waals surface area contributed by atoms with Gasteiger partial charge in [-0.3, -0.25) is 9.47 Å². The Morgan fingerprint density at radius 3 is 2.60 bits per heavy atom. The van der Waals surface area contributed by atoms with Gasteiger partial charge in [-0.05, 0) is 59.7 Å². The molecule has 6 rings (SSSR count). The van der Waals surface area contributed by atoms with Crippen molar-refractivity contribution in [2.24, 2.45) is 10.2 Å². The first-order valence-electron chi connectivity index (χ1n) is 13.2. The number of anilines is 1. The maximum absolute atomic E-state index is 12.9. The summed E-state index contributed by atoms with van der Waals surface area (Å²) in [5, 5.41) is 29.4. The van der Waals surface area contributed by atoms with Gasteiger partial charge in [0.15, 0.2) is 22.4 Å². The van der Waals surface area contributed by atoms with E-state index in [4.69, 9.17) is 0 Å². The molecule has 1 N–H and O–H groups in total. The third kappa shape index (κ3) is 5.12. The zero-order valence-corrected chi connectivity index (χ0v) is 23.7. The number of hydrogen-bond donors (Lipinski definition) is 1. The van der Waals surface area contributed by atoms with E-state index in [1.165, 1.54) is 24.2 Å². The molecule has 0 amide bonds. The van der Waals surface area contributed by atoms with Crippen LogP contribution in [0.25, 0.3) is 27.6 Å². The molecule has 214 valence electrons. The van der Waals surface area contributed by atoms with Gasteiger partial charge in [0.1, 0.15) is 6.33 Å². The predicted molar refractivity (Wildman–Crippen MR) is 160 cm³/mol. The highest BCUT2D eigenvalue weighted by molar-refractivity contribution is 8.14. The van der Waals surface area contributed by atoms with E-state index in [1.807, 2.05) is 53.4 Å². The Kier molecular flexibility index (Phi) is 6.98. The molecule has 42 heavy (non-hydrogen) atoms. The largest absolute Gasteiger partial charge is 0.435 e. The minimum Gasteiger partial charge on any atom is -0.370 e. The first-order chi connectivity index (χ1) is 20.0. The van der Waals surface area contributed by atoms with Crippen molar-refractivity contribution in [3.05, 3.63) is 89.9 Å². The molecule has 1 atom stereocenters. The topological polar surface area (TPSA) is 91.8 Å². The van der Waals surface area contributed by atoms with Crippen molar-refractivity contribution < 1.29 is 18.3 Å². The maximum atomic E-state index is 12.9. The van der Waals surface area contributed by atoms with E-state index in [9.17, 15) is 18.3 Å². The summed E-state index contributed by atoms with van der Waals surface area (Å²) >= 11 is 1.45. The molecule has 8 nitrogen and oxygen atoms in total. The minimum atomic E-state index is -4.56. The van der Waals surface area contributed by atoms with Crippen LogP contribution in [0.15, 0.2) is 83.3 Å². The minimum absolute atomic E-state index is 0.238. The summed E-state index contributed by atoms with van der Waals surface area (Å²) in [6.07, 6.45) is -1.38. The van der Waals surface area contributed by atoms with Crippen LogP contribution in [0.5, 0.6) is 0 Å². The molecular formula is C30H26F3N7OS. The summed E-state index contributed by atoms with van der Waals surface area (Å²) in [6, 6.07) is 19.7. The van der Waals surface area contributed by atoms with Crippen LogP contribution in [-0.2, 0) is 6.18 Å². The van der Waals surface area contributed by atoms with E-state index in [-0.39, 0.29) is 11.7 Å². The van der Waals surface area contributed by atoms with Gasteiger partial charge in [0.25, 0.3) is 0 Å². The Morgan fingerprint density at radius 2 is 1.86 bits per heavy atom. The van der Waals surface area contributed by atoms with Crippen molar-refractivity contribution in [2.45, 2.75) is 38.6 Å². The molecule has 1 saturated heterocycles. The van der Waals surface area contributed by atoms with Crippen LogP contribution in [-0.4, -0.2) is 47.7 Å². The molecule has 3 heterocycles. The molecule has 1 unspecified atom stereocenters. The van der Waals surface area contributed by atoms with Crippen molar-refractivity contribution in [3.8, 4) is 5.82 Å². The zero-order valence-electron chi connectivity index (χ0n) is 22.9. The first kappa shape index (κ1) is 27.9. The van der Waals surface area contributed by atoms with Crippen LogP contribution in [0, 0.1) is 0 Å². The third-order valence-corrected chi connectivity index (χ3v) is 8.25. The number of thioether (sulfide) groups is 1. The maximum Gasteiger partial charge on any atom is 0.435 e. The number of nitrogens with zero attached hydrogens (tertiary/aromatic N) is 7. The SMILES string of the molecule is CC(C)c1ccccc1N1C(=NN=Cc2ccc3c(ccc4c3ncn4-c3ccc(C(F)(F)F)nn3)c2)SCC1(C)O. The van der Waals surface area contributed by atoms with Crippen molar-refractivity contribution >= 4 is 50.6 Å². The lowest BCUT2D eigenvalue weighted by molar-refractivity contribution is -0.141. The molecule has 0 saturated carbocycles. The Hall–Kier alpha value is -4.29. The van der Waals surface area contributed by atoms with Gasteiger partial charge in [-0.1, -0.05) is 62.0 Å². The molecule has 1 aliphatic heterocycles. The lowest BCUT2D eigenvalue weighted by atomic mass is 9.99.